The number of aromatic nitrogens is 4. The number of carboxylic acid groups (broad SMARTS) is 1. The van der Waals surface area contributed by atoms with Crippen LogP contribution in [-0.4, -0.2) is 38.1 Å². The maximum Gasteiger partial charge on any atom is 0.303 e. The first kappa shape index (κ1) is 17.3. The lowest BCUT2D eigenvalue weighted by Crippen LogP contribution is -2.18. The van der Waals surface area contributed by atoms with E-state index in [1.54, 1.807) is 6.20 Å². The molecule has 0 atom stereocenters. The van der Waals surface area contributed by atoms with Gasteiger partial charge < -0.3 is 21.5 Å². The lowest BCUT2D eigenvalue weighted by atomic mass is 10.1. The minimum atomic E-state index is -0.810. The van der Waals surface area contributed by atoms with Crippen molar-refractivity contribution in [1.29, 1.82) is 0 Å². The Hall–Kier alpha value is -3.49. The van der Waals surface area contributed by atoms with Gasteiger partial charge in [0.15, 0.2) is 17.0 Å². The Kier molecular flexibility index (Phi) is 4.78. The Balaban J connectivity index is 1.79. The van der Waals surface area contributed by atoms with Gasteiger partial charge in [-0.2, -0.15) is 9.97 Å². The smallest absolute Gasteiger partial charge is 0.303 e. The Morgan fingerprint density at radius 3 is 2.81 bits per heavy atom. The molecule has 5 N–H and O–H groups in total. The molecule has 0 aliphatic rings. The Labute approximate surface area is 149 Å². The van der Waals surface area contributed by atoms with Crippen molar-refractivity contribution in [2.45, 2.75) is 19.4 Å². The maximum absolute atomic E-state index is 10.7. The van der Waals surface area contributed by atoms with Crippen LogP contribution in [0.4, 0.5) is 17.5 Å². The number of nitrogen functional groups attached to an aromatic ring is 2. The van der Waals surface area contributed by atoms with Crippen LogP contribution >= 0.6 is 0 Å². The second-order valence-corrected chi connectivity index (χ2v) is 5.92. The van der Waals surface area contributed by atoms with E-state index in [2.05, 4.69) is 19.9 Å². The largest absolute Gasteiger partial charge is 0.481 e. The second-order valence-electron chi connectivity index (χ2n) is 5.92. The number of carbonyl (C=O) groups is 1. The first-order chi connectivity index (χ1) is 12.4. The van der Waals surface area contributed by atoms with E-state index in [4.69, 9.17) is 16.6 Å². The lowest BCUT2D eigenvalue weighted by Gasteiger charge is -2.19. The number of aliphatic carboxylic acids is 1. The Bertz CT molecular complexity index is 961. The molecule has 9 heteroatoms. The molecule has 0 saturated carbocycles. The van der Waals surface area contributed by atoms with Gasteiger partial charge in [0.25, 0.3) is 0 Å². The predicted molar refractivity (Wildman–Crippen MR) is 98.5 cm³/mol. The highest BCUT2D eigenvalue weighted by molar-refractivity contribution is 5.81. The van der Waals surface area contributed by atoms with E-state index >= 15 is 0 Å². The fourth-order valence-electron chi connectivity index (χ4n) is 2.59. The zero-order valence-electron chi connectivity index (χ0n) is 14.3. The van der Waals surface area contributed by atoms with Crippen molar-refractivity contribution < 1.29 is 9.90 Å². The number of aryl methyl sites for hydroxylation is 1. The van der Waals surface area contributed by atoms with Crippen LogP contribution in [0.15, 0.2) is 30.5 Å². The monoisotopic (exact) mass is 353 g/mol. The third kappa shape index (κ3) is 3.94. The van der Waals surface area contributed by atoms with Gasteiger partial charge in [-0.1, -0.05) is 12.1 Å². The third-order valence-corrected chi connectivity index (χ3v) is 3.88. The predicted octanol–water partition coefficient (Wildman–Crippen LogP) is 1.24. The van der Waals surface area contributed by atoms with Crippen molar-refractivity contribution in [2.24, 2.45) is 0 Å². The zero-order chi connectivity index (χ0) is 18.7. The van der Waals surface area contributed by atoms with Crippen LogP contribution < -0.4 is 16.4 Å². The Morgan fingerprint density at radius 1 is 1.23 bits per heavy atom. The molecule has 0 amide bonds. The molecule has 0 aliphatic heterocycles. The fourth-order valence-corrected chi connectivity index (χ4v) is 2.59. The topological polar surface area (TPSA) is 144 Å². The van der Waals surface area contributed by atoms with Crippen LogP contribution in [0.25, 0.3) is 11.2 Å². The SMILES string of the molecule is CN(Cc1cnc2nc(N)nc(N)c2n1)c1cccc(CCC(=O)O)c1. The minimum Gasteiger partial charge on any atom is -0.481 e. The number of anilines is 3. The number of fused-ring (bicyclic) bond motifs is 1. The summed E-state index contributed by atoms with van der Waals surface area (Å²) >= 11 is 0. The van der Waals surface area contributed by atoms with Crippen LogP contribution in [0.2, 0.25) is 0 Å². The molecule has 3 aromatic rings. The van der Waals surface area contributed by atoms with E-state index in [-0.39, 0.29) is 18.2 Å². The van der Waals surface area contributed by atoms with E-state index in [9.17, 15) is 4.79 Å². The molecule has 0 bridgehead atoms. The van der Waals surface area contributed by atoms with Crippen LogP contribution in [0.3, 0.4) is 0 Å². The van der Waals surface area contributed by atoms with Gasteiger partial charge in [-0.05, 0) is 24.1 Å². The number of hydrogen-bond donors (Lipinski definition) is 3. The van der Waals surface area contributed by atoms with E-state index < -0.39 is 5.97 Å². The molecule has 0 aliphatic carbocycles. The van der Waals surface area contributed by atoms with E-state index in [1.165, 1.54) is 0 Å². The molecule has 1 aromatic carbocycles. The van der Waals surface area contributed by atoms with Crippen molar-refractivity contribution in [1.82, 2.24) is 19.9 Å². The molecule has 0 radical (unpaired) electrons. The summed E-state index contributed by atoms with van der Waals surface area (Å²) in [6.07, 6.45) is 2.22. The van der Waals surface area contributed by atoms with E-state index in [1.807, 2.05) is 36.2 Å². The van der Waals surface area contributed by atoms with Gasteiger partial charge in [0.1, 0.15) is 0 Å². The summed E-state index contributed by atoms with van der Waals surface area (Å²) in [5.41, 5.74) is 14.8. The number of nitrogens with zero attached hydrogens (tertiary/aromatic N) is 5. The first-order valence-corrected chi connectivity index (χ1v) is 7.99. The quantitative estimate of drug-likeness (QED) is 0.596. The molecule has 2 heterocycles. The fraction of sp³-hybridized carbons (Fsp3) is 0.235. The van der Waals surface area contributed by atoms with Gasteiger partial charge in [0.2, 0.25) is 5.95 Å². The summed E-state index contributed by atoms with van der Waals surface area (Å²) in [6.45, 7) is 0.495. The van der Waals surface area contributed by atoms with Gasteiger partial charge in [0.05, 0.1) is 18.4 Å². The van der Waals surface area contributed by atoms with Crippen LogP contribution in [0, 0.1) is 0 Å². The standard InChI is InChI=1S/C17H19N7O2/c1-24(12-4-2-3-10(7-12)5-6-13(25)26)9-11-8-20-16-14(21-11)15(18)22-17(19)23-16/h2-4,7-8H,5-6,9H2,1H3,(H,25,26)(H4,18,19,20,22,23). The van der Waals surface area contributed by atoms with Crippen molar-refractivity contribution in [3.63, 3.8) is 0 Å². The van der Waals surface area contributed by atoms with Gasteiger partial charge in [-0.25, -0.2) is 9.97 Å². The van der Waals surface area contributed by atoms with Crippen molar-refractivity contribution in [2.75, 3.05) is 23.4 Å². The van der Waals surface area contributed by atoms with E-state index in [0.29, 0.717) is 29.8 Å². The number of carboxylic acids is 1. The number of nitrogens with two attached hydrogens (primary N) is 2. The molecule has 134 valence electrons. The van der Waals surface area contributed by atoms with Crippen LogP contribution in [0.1, 0.15) is 17.7 Å². The molecule has 9 nitrogen and oxygen atoms in total. The Morgan fingerprint density at radius 2 is 2.04 bits per heavy atom. The molecule has 0 fully saturated rings. The summed E-state index contributed by atoms with van der Waals surface area (Å²) in [7, 11) is 1.92. The summed E-state index contributed by atoms with van der Waals surface area (Å²) in [4.78, 5) is 29.4. The highest BCUT2D eigenvalue weighted by atomic mass is 16.4. The molecule has 0 spiro atoms. The van der Waals surface area contributed by atoms with Gasteiger partial charge >= 0.3 is 5.97 Å². The number of rotatable bonds is 6. The first-order valence-electron chi connectivity index (χ1n) is 7.99. The lowest BCUT2D eigenvalue weighted by molar-refractivity contribution is -0.136. The van der Waals surface area contributed by atoms with Crippen molar-refractivity contribution in [3.05, 3.63) is 41.7 Å². The number of benzene rings is 1. The highest BCUT2D eigenvalue weighted by Gasteiger charge is 2.10. The number of hydrogen-bond acceptors (Lipinski definition) is 8. The zero-order valence-corrected chi connectivity index (χ0v) is 14.3. The highest BCUT2D eigenvalue weighted by Crippen LogP contribution is 2.19. The average molecular weight is 353 g/mol. The molecule has 2 aromatic heterocycles. The van der Waals surface area contributed by atoms with Crippen LogP contribution in [-0.2, 0) is 17.8 Å². The third-order valence-electron chi connectivity index (χ3n) is 3.88. The molecule has 3 rings (SSSR count). The summed E-state index contributed by atoms with van der Waals surface area (Å²) in [5, 5.41) is 8.82. The van der Waals surface area contributed by atoms with Crippen molar-refractivity contribution >= 4 is 34.6 Å². The summed E-state index contributed by atoms with van der Waals surface area (Å²) in [5.74, 6) is -0.553. The molecule has 26 heavy (non-hydrogen) atoms. The molecular formula is C17H19N7O2. The normalized spacial score (nSPS) is 10.8. The maximum atomic E-state index is 10.7. The summed E-state index contributed by atoms with van der Waals surface area (Å²) in [6, 6.07) is 7.74. The molecule has 0 unspecified atom stereocenters. The van der Waals surface area contributed by atoms with Gasteiger partial charge in [0, 0.05) is 19.2 Å². The molecule has 0 saturated heterocycles. The average Bonchev–Trinajstić information content (AvgIpc) is 2.60. The summed E-state index contributed by atoms with van der Waals surface area (Å²) < 4.78 is 0. The van der Waals surface area contributed by atoms with Gasteiger partial charge in [-0.3, -0.25) is 4.79 Å². The van der Waals surface area contributed by atoms with E-state index in [0.717, 1.165) is 11.3 Å². The second kappa shape index (κ2) is 7.18. The minimum absolute atomic E-state index is 0.0624. The molecular weight excluding hydrogens is 334 g/mol. The van der Waals surface area contributed by atoms with Crippen LogP contribution in [0.5, 0.6) is 0 Å². The van der Waals surface area contributed by atoms with Crippen molar-refractivity contribution in [3.8, 4) is 0 Å². The van der Waals surface area contributed by atoms with Gasteiger partial charge in [-0.15, -0.1) is 0 Å².